The lowest BCUT2D eigenvalue weighted by molar-refractivity contribution is -0.116. The van der Waals surface area contributed by atoms with Crippen molar-refractivity contribution >= 4 is 40.6 Å². The number of aryl methyl sites for hydroxylation is 1. The molecule has 0 aromatic carbocycles. The fraction of sp³-hybridized carbons (Fsp3) is 0.238. The van der Waals surface area contributed by atoms with Crippen molar-refractivity contribution in [2.75, 3.05) is 6.54 Å². The van der Waals surface area contributed by atoms with Gasteiger partial charge in [0.05, 0.1) is 11.7 Å². The van der Waals surface area contributed by atoms with Crippen LogP contribution in [0, 0.1) is 6.92 Å². The SMILES string of the molecule is Cc1ncc2c(c1CNC(=O)/C=C/c1cccs1)CCN(C(=O)c1cncs1)C2. The van der Waals surface area contributed by atoms with Crippen molar-refractivity contribution in [2.24, 2.45) is 0 Å². The number of thiazole rings is 1. The van der Waals surface area contributed by atoms with Crippen LogP contribution in [0.5, 0.6) is 0 Å². The number of nitrogens with zero attached hydrogens (tertiary/aromatic N) is 3. The molecule has 3 aromatic heterocycles. The lowest BCUT2D eigenvalue weighted by Gasteiger charge is -2.30. The van der Waals surface area contributed by atoms with Gasteiger partial charge >= 0.3 is 0 Å². The molecule has 1 N–H and O–H groups in total. The molecule has 1 aliphatic heterocycles. The first kappa shape index (κ1) is 19.5. The molecule has 1 aliphatic rings. The maximum absolute atomic E-state index is 12.6. The minimum atomic E-state index is -0.131. The highest BCUT2D eigenvalue weighted by Gasteiger charge is 2.25. The van der Waals surface area contributed by atoms with Crippen LogP contribution >= 0.6 is 22.7 Å². The molecular weight excluding hydrogens is 404 g/mol. The first-order valence-corrected chi connectivity index (χ1v) is 11.0. The van der Waals surface area contributed by atoms with Gasteiger partial charge in [-0.05, 0) is 47.6 Å². The molecule has 4 rings (SSSR count). The Hall–Kier alpha value is -2.84. The maximum Gasteiger partial charge on any atom is 0.265 e. The summed E-state index contributed by atoms with van der Waals surface area (Å²) in [5.74, 6) is -0.125. The third-order valence-corrected chi connectivity index (χ3v) is 6.51. The zero-order valence-electron chi connectivity index (χ0n) is 15.9. The van der Waals surface area contributed by atoms with Crippen molar-refractivity contribution in [3.63, 3.8) is 0 Å². The first-order valence-electron chi connectivity index (χ1n) is 9.25. The number of hydrogen-bond acceptors (Lipinski definition) is 6. The second-order valence-corrected chi connectivity index (χ2v) is 8.60. The van der Waals surface area contributed by atoms with Crippen LogP contribution in [0.15, 0.2) is 41.5 Å². The number of carbonyl (C=O) groups excluding carboxylic acids is 2. The fourth-order valence-electron chi connectivity index (χ4n) is 3.39. The normalized spacial score (nSPS) is 13.5. The van der Waals surface area contributed by atoms with Gasteiger partial charge in [-0.2, -0.15) is 0 Å². The Labute approximate surface area is 176 Å². The van der Waals surface area contributed by atoms with E-state index in [-0.39, 0.29) is 11.8 Å². The zero-order chi connectivity index (χ0) is 20.2. The van der Waals surface area contributed by atoms with Gasteiger partial charge in [0.25, 0.3) is 5.91 Å². The Morgan fingerprint density at radius 1 is 1.31 bits per heavy atom. The number of carbonyl (C=O) groups is 2. The van der Waals surface area contributed by atoms with E-state index in [1.165, 1.54) is 16.9 Å². The monoisotopic (exact) mass is 424 g/mol. The molecule has 148 valence electrons. The molecule has 3 aromatic rings. The summed E-state index contributed by atoms with van der Waals surface area (Å²) in [4.78, 5) is 36.8. The molecule has 0 atom stereocenters. The Bertz CT molecular complexity index is 1040. The molecule has 8 heteroatoms. The highest BCUT2D eigenvalue weighted by Crippen LogP contribution is 2.25. The van der Waals surface area contributed by atoms with E-state index in [1.54, 1.807) is 29.1 Å². The zero-order valence-corrected chi connectivity index (χ0v) is 17.6. The average Bonchev–Trinajstić information content (AvgIpc) is 3.44. The summed E-state index contributed by atoms with van der Waals surface area (Å²) in [5, 5.41) is 4.94. The lowest BCUT2D eigenvalue weighted by Crippen LogP contribution is -2.36. The van der Waals surface area contributed by atoms with Crippen LogP contribution in [0.1, 0.15) is 36.9 Å². The highest BCUT2D eigenvalue weighted by molar-refractivity contribution is 7.11. The standard InChI is InChI=1S/C21H20N4O2S2/c1-14-18(10-24-20(26)5-4-16-3-2-8-28-16)17-6-7-25(12-15(17)9-23-14)21(27)19-11-22-13-29-19/h2-5,8-9,11,13H,6-7,10,12H2,1H3,(H,24,26)/b5-4+. The quantitative estimate of drug-likeness (QED) is 0.637. The maximum atomic E-state index is 12.6. The second kappa shape index (κ2) is 8.67. The molecule has 29 heavy (non-hydrogen) atoms. The van der Waals surface area contributed by atoms with E-state index in [9.17, 15) is 9.59 Å². The second-order valence-electron chi connectivity index (χ2n) is 6.73. The van der Waals surface area contributed by atoms with Gasteiger partial charge in [-0.15, -0.1) is 22.7 Å². The van der Waals surface area contributed by atoms with Crippen molar-refractivity contribution in [2.45, 2.75) is 26.4 Å². The number of rotatable bonds is 5. The smallest absolute Gasteiger partial charge is 0.265 e. The molecule has 0 unspecified atom stereocenters. The Kier molecular flexibility index (Phi) is 5.82. The van der Waals surface area contributed by atoms with Gasteiger partial charge < -0.3 is 10.2 Å². The van der Waals surface area contributed by atoms with Crippen molar-refractivity contribution in [1.29, 1.82) is 0 Å². The third kappa shape index (κ3) is 4.44. The average molecular weight is 425 g/mol. The summed E-state index contributed by atoms with van der Waals surface area (Å²) in [6, 6.07) is 3.92. The molecule has 0 fully saturated rings. The van der Waals surface area contributed by atoms with Gasteiger partial charge in [-0.25, -0.2) is 0 Å². The van der Waals surface area contributed by atoms with Crippen molar-refractivity contribution in [1.82, 2.24) is 20.2 Å². The van der Waals surface area contributed by atoms with E-state index in [4.69, 9.17) is 0 Å². The molecule has 2 amide bonds. The van der Waals surface area contributed by atoms with E-state index in [0.29, 0.717) is 24.5 Å². The molecule has 0 aliphatic carbocycles. The van der Waals surface area contributed by atoms with E-state index in [1.807, 2.05) is 41.6 Å². The highest BCUT2D eigenvalue weighted by atomic mass is 32.1. The molecule has 0 saturated carbocycles. The Morgan fingerprint density at radius 2 is 2.21 bits per heavy atom. The Morgan fingerprint density at radius 3 is 2.97 bits per heavy atom. The number of nitrogens with one attached hydrogen (secondary N) is 1. The summed E-state index contributed by atoms with van der Waals surface area (Å²) < 4.78 is 0. The van der Waals surface area contributed by atoms with Gasteiger partial charge in [0.1, 0.15) is 4.88 Å². The molecule has 4 heterocycles. The molecular formula is C21H20N4O2S2. The van der Waals surface area contributed by atoms with Crippen LogP contribution in [-0.4, -0.2) is 33.2 Å². The summed E-state index contributed by atoms with van der Waals surface area (Å²) in [6.07, 6.45) is 7.58. The van der Waals surface area contributed by atoms with E-state index >= 15 is 0 Å². The van der Waals surface area contributed by atoms with Crippen LogP contribution in [0.25, 0.3) is 6.08 Å². The minimum Gasteiger partial charge on any atom is -0.348 e. The number of pyridine rings is 1. The third-order valence-electron chi connectivity index (χ3n) is 4.91. The van der Waals surface area contributed by atoms with Gasteiger partial charge in [0.2, 0.25) is 5.91 Å². The summed E-state index contributed by atoms with van der Waals surface area (Å²) in [7, 11) is 0. The molecule has 6 nitrogen and oxygen atoms in total. The minimum absolute atomic E-state index is 0.00675. The topological polar surface area (TPSA) is 75.2 Å². The van der Waals surface area contributed by atoms with Gasteiger partial charge in [-0.3, -0.25) is 19.6 Å². The van der Waals surface area contributed by atoms with Crippen LogP contribution in [0.3, 0.4) is 0 Å². The predicted octanol–water partition coefficient (Wildman–Crippen LogP) is 3.44. The number of thiophene rings is 1. The van der Waals surface area contributed by atoms with E-state index in [2.05, 4.69) is 15.3 Å². The molecule has 0 bridgehead atoms. The van der Waals surface area contributed by atoms with Gasteiger partial charge in [0, 0.05) is 42.5 Å². The van der Waals surface area contributed by atoms with Crippen molar-refractivity contribution in [3.05, 3.63) is 73.6 Å². The number of aromatic nitrogens is 2. The molecule has 0 spiro atoms. The van der Waals surface area contributed by atoms with E-state index in [0.717, 1.165) is 28.1 Å². The molecule has 0 saturated heterocycles. The summed E-state index contributed by atoms with van der Waals surface area (Å²) >= 11 is 2.94. The van der Waals surface area contributed by atoms with Crippen molar-refractivity contribution in [3.8, 4) is 0 Å². The summed E-state index contributed by atoms with van der Waals surface area (Å²) in [6.45, 7) is 3.56. The lowest BCUT2D eigenvalue weighted by atomic mass is 9.94. The number of amides is 2. The number of fused-ring (bicyclic) bond motifs is 1. The van der Waals surface area contributed by atoms with Gasteiger partial charge in [0.15, 0.2) is 0 Å². The largest absolute Gasteiger partial charge is 0.348 e. The van der Waals surface area contributed by atoms with E-state index < -0.39 is 0 Å². The van der Waals surface area contributed by atoms with Crippen LogP contribution in [0.4, 0.5) is 0 Å². The van der Waals surface area contributed by atoms with Crippen LogP contribution < -0.4 is 5.32 Å². The number of hydrogen-bond donors (Lipinski definition) is 1. The van der Waals surface area contributed by atoms with Crippen LogP contribution in [-0.2, 0) is 24.3 Å². The first-order chi connectivity index (χ1) is 14.1. The Balaban J connectivity index is 1.45. The molecule has 0 radical (unpaired) electrons. The van der Waals surface area contributed by atoms with Crippen molar-refractivity contribution < 1.29 is 9.59 Å². The van der Waals surface area contributed by atoms with Gasteiger partial charge in [-0.1, -0.05) is 6.07 Å². The predicted molar refractivity (Wildman–Crippen MR) is 115 cm³/mol. The fourth-order valence-corrected chi connectivity index (χ4v) is 4.59. The van der Waals surface area contributed by atoms with Crippen LogP contribution in [0.2, 0.25) is 0 Å². The summed E-state index contributed by atoms with van der Waals surface area (Å²) in [5.41, 5.74) is 5.86.